The van der Waals surface area contributed by atoms with E-state index in [-0.39, 0.29) is 0 Å². The van der Waals surface area contributed by atoms with Crippen molar-refractivity contribution in [1.29, 1.82) is 0 Å². The molecule has 0 aliphatic carbocycles. The highest BCUT2D eigenvalue weighted by molar-refractivity contribution is 8.76. The third kappa shape index (κ3) is 3.19. The van der Waals surface area contributed by atoms with Crippen LogP contribution in [0.5, 0.6) is 0 Å². The zero-order chi connectivity index (χ0) is 16.6. The molecule has 2 rings (SSSR count). The maximum absolute atomic E-state index is 10.1. The second kappa shape index (κ2) is 6.66. The minimum Gasteiger partial charge on any atom is -0.427 e. The van der Waals surface area contributed by atoms with E-state index in [4.69, 9.17) is 24.4 Å². The van der Waals surface area contributed by atoms with Gasteiger partial charge in [-0.05, 0) is 83.7 Å². The molecule has 0 saturated carbocycles. The van der Waals surface area contributed by atoms with Crippen LogP contribution < -0.4 is 0 Å². The molecule has 2 aromatic heterocycles. The Morgan fingerprint density at radius 2 is 1.09 bits per heavy atom. The SMILES string of the molecule is Cc1cc(SSc2cc(C)c(C)c(=S)n2O)n(O)c(=S)c1C. The number of aryl methyl sites for hydroxylation is 2. The molecule has 0 aliphatic heterocycles. The summed E-state index contributed by atoms with van der Waals surface area (Å²) in [6.45, 7) is 7.65. The minimum atomic E-state index is 0.393. The zero-order valence-corrected chi connectivity index (χ0v) is 15.8. The molecule has 0 saturated heterocycles. The van der Waals surface area contributed by atoms with Crippen molar-refractivity contribution in [3.63, 3.8) is 0 Å². The Morgan fingerprint density at radius 3 is 1.41 bits per heavy atom. The van der Waals surface area contributed by atoms with Gasteiger partial charge in [0.25, 0.3) is 0 Å². The monoisotopic (exact) mass is 372 g/mol. The van der Waals surface area contributed by atoms with Crippen molar-refractivity contribution in [2.24, 2.45) is 0 Å². The number of pyridine rings is 2. The van der Waals surface area contributed by atoms with Crippen molar-refractivity contribution >= 4 is 46.0 Å². The molecule has 0 unspecified atom stereocenters. The van der Waals surface area contributed by atoms with Crippen LogP contribution in [0.25, 0.3) is 0 Å². The molecule has 2 heterocycles. The van der Waals surface area contributed by atoms with Gasteiger partial charge in [0, 0.05) is 0 Å². The zero-order valence-electron chi connectivity index (χ0n) is 12.6. The number of hydrogen-bond donors (Lipinski definition) is 2. The van der Waals surface area contributed by atoms with E-state index >= 15 is 0 Å². The molecule has 4 nitrogen and oxygen atoms in total. The van der Waals surface area contributed by atoms with Gasteiger partial charge in [0.15, 0.2) is 0 Å². The molecule has 2 N–H and O–H groups in total. The van der Waals surface area contributed by atoms with Crippen LogP contribution in [0.15, 0.2) is 22.2 Å². The summed E-state index contributed by atoms with van der Waals surface area (Å²) in [7, 11) is 2.62. The number of hydrogen-bond acceptors (Lipinski definition) is 6. The lowest BCUT2D eigenvalue weighted by atomic mass is 10.2. The topological polar surface area (TPSA) is 50.3 Å². The summed E-state index contributed by atoms with van der Waals surface area (Å²) < 4.78 is 2.77. The predicted octanol–water partition coefficient (Wildman–Crippen LogP) is 5.26. The first-order valence-electron chi connectivity index (χ1n) is 6.43. The van der Waals surface area contributed by atoms with Gasteiger partial charge < -0.3 is 10.4 Å². The summed E-state index contributed by atoms with van der Waals surface area (Å²) in [6, 6.07) is 3.72. The van der Waals surface area contributed by atoms with E-state index in [0.717, 1.165) is 31.7 Å². The smallest absolute Gasteiger partial charge is 0.146 e. The minimum absolute atomic E-state index is 0.393. The maximum Gasteiger partial charge on any atom is 0.146 e. The average Bonchev–Trinajstić information content (AvgIpc) is 2.49. The predicted molar refractivity (Wildman–Crippen MR) is 95.6 cm³/mol. The van der Waals surface area contributed by atoms with Gasteiger partial charge in [-0.3, -0.25) is 0 Å². The van der Waals surface area contributed by atoms with Crippen LogP contribution in [0, 0.1) is 37.0 Å². The summed E-state index contributed by atoms with van der Waals surface area (Å²) >= 11 is 10.4. The Kier molecular flexibility index (Phi) is 5.26. The number of aromatic nitrogens is 2. The van der Waals surface area contributed by atoms with Crippen molar-refractivity contribution in [2.45, 2.75) is 37.7 Å². The molecule has 0 amide bonds. The largest absolute Gasteiger partial charge is 0.427 e. The molecule has 0 aliphatic rings. The molecule has 22 heavy (non-hydrogen) atoms. The average molecular weight is 373 g/mol. The van der Waals surface area contributed by atoms with Gasteiger partial charge in [0.1, 0.15) is 19.3 Å². The molecule has 0 fully saturated rings. The second-order valence-corrected chi connectivity index (χ2v) is 7.93. The first kappa shape index (κ1) is 17.4. The summed E-state index contributed by atoms with van der Waals surface area (Å²) in [4.78, 5) is 0. The fourth-order valence-electron chi connectivity index (χ4n) is 1.77. The molecule has 0 radical (unpaired) electrons. The van der Waals surface area contributed by atoms with Crippen LogP contribution in [-0.4, -0.2) is 19.9 Å². The van der Waals surface area contributed by atoms with E-state index in [1.54, 1.807) is 0 Å². The van der Waals surface area contributed by atoms with Crippen molar-refractivity contribution < 1.29 is 10.4 Å². The molecule has 8 heteroatoms. The summed E-state index contributed by atoms with van der Waals surface area (Å²) in [6.07, 6.45) is 0. The molecule has 0 spiro atoms. The lowest BCUT2D eigenvalue weighted by Crippen LogP contribution is -2.03. The molecule has 0 atom stereocenters. The van der Waals surface area contributed by atoms with Crippen LogP contribution in [0.2, 0.25) is 0 Å². The van der Waals surface area contributed by atoms with E-state index < -0.39 is 0 Å². The van der Waals surface area contributed by atoms with Crippen molar-refractivity contribution in [1.82, 2.24) is 9.46 Å². The van der Waals surface area contributed by atoms with E-state index in [2.05, 4.69) is 0 Å². The van der Waals surface area contributed by atoms with Crippen LogP contribution in [-0.2, 0) is 0 Å². The van der Waals surface area contributed by atoms with Crippen LogP contribution in [0.4, 0.5) is 0 Å². The molecule has 118 valence electrons. The van der Waals surface area contributed by atoms with Gasteiger partial charge in [0.05, 0.1) is 0 Å². The molecule has 2 aromatic rings. The van der Waals surface area contributed by atoms with Gasteiger partial charge in [0.2, 0.25) is 0 Å². The molecular formula is C14H16N2O2S4. The summed E-state index contributed by atoms with van der Waals surface area (Å²) in [5.41, 5.74) is 3.78. The molecule has 0 aromatic carbocycles. The normalized spacial score (nSPS) is 10.9. The Balaban J connectivity index is 2.36. The van der Waals surface area contributed by atoms with Crippen LogP contribution in [0.3, 0.4) is 0 Å². The van der Waals surface area contributed by atoms with Gasteiger partial charge >= 0.3 is 0 Å². The Bertz CT molecular complexity index is 784. The lowest BCUT2D eigenvalue weighted by molar-refractivity contribution is 0.154. The lowest BCUT2D eigenvalue weighted by Gasteiger charge is -2.13. The Hall–Kier alpha value is -0.960. The highest BCUT2D eigenvalue weighted by atomic mass is 33.1. The Labute approximate surface area is 147 Å². The van der Waals surface area contributed by atoms with Gasteiger partial charge in [-0.1, -0.05) is 24.4 Å². The Morgan fingerprint density at radius 1 is 0.773 bits per heavy atom. The van der Waals surface area contributed by atoms with Crippen molar-refractivity contribution in [2.75, 3.05) is 0 Å². The van der Waals surface area contributed by atoms with E-state index in [1.165, 1.54) is 21.6 Å². The van der Waals surface area contributed by atoms with E-state index in [0.29, 0.717) is 19.3 Å². The van der Waals surface area contributed by atoms with E-state index in [1.807, 2.05) is 39.8 Å². The fourth-order valence-corrected chi connectivity index (χ4v) is 4.57. The third-order valence-electron chi connectivity index (χ3n) is 3.52. The molecular weight excluding hydrogens is 356 g/mol. The first-order valence-corrected chi connectivity index (χ1v) is 9.40. The summed E-state index contributed by atoms with van der Waals surface area (Å²) in [5.74, 6) is 0. The van der Waals surface area contributed by atoms with E-state index in [9.17, 15) is 10.4 Å². The van der Waals surface area contributed by atoms with Gasteiger partial charge in [-0.25, -0.2) is 0 Å². The standard InChI is InChI=1S/C14H16N2O2S4/c1-7-5-11(15(17)13(19)9(7)3)21-22-12-6-8(2)10(4)14(20)16(12)18/h5-6,17-18H,1-4H3. The first-order chi connectivity index (χ1) is 10.2. The summed E-state index contributed by atoms with van der Waals surface area (Å²) in [5, 5.41) is 21.4. The quantitative estimate of drug-likeness (QED) is 0.436. The van der Waals surface area contributed by atoms with Crippen LogP contribution in [0.1, 0.15) is 22.3 Å². The maximum atomic E-state index is 10.1. The fraction of sp³-hybridized carbons (Fsp3) is 0.286. The second-order valence-electron chi connectivity index (χ2n) is 4.98. The van der Waals surface area contributed by atoms with Gasteiger partial charge in [-0.15, -0.1) is 0 Å². The van der Waals surface area contributed by atoms with Crippen LogP contribution >= 0.6 is 46.0 Å². The van der Waals surface area contributed by atoms with Crippen molar-refractivity contribution in [3.05, 3.63) is 43.7 Å². The van der Waals surface area contributed by atoms with Crippen molar-refractivity contribution in [3.8, 4) is 0 Å². The number of rotatable bonds is 3. The highest BCUT2D eigenvalue weighted by Gasteiger charge is 2.11. The number of nitrogens with zero attached hydrogens (tertiary/aromatic N) is 2. The molecule has 0 bridgehead atoms. The third-order valence-corrected chi connectivity index (χ3v) is 6.76. The highest BCUT2D eigenvalue weighted by Crippen LogP contribution is 2.38. The van der Waals surface area contributed by atoms with Gasteiger partial charge in [-0.2, -0.15) is 9.46 Å².